The molecule has 0 spiro atoms. The van der Waals surface area contributed by atoms with Crippen molar-refractivity contribution in [3.63, 3.8) is 0 Å². The van der Waals surface area contributed by atoms with Gasteiger partial charge >= 0.3 is 0 Å². The van der Waals surface area contributed by atoms with Crippen LogP contribution in [0.4, 0.5) is 0 Å². The third-order valence-corrected chi connectivity index (χ3v) is 5.43. The fourth-order valence-electron chi connectivity index (χ4n) is 3.91. The van der Waals surface area contributed by atoms with E-state index in [1.54, 1.807) is 0 Å². The lowest BCUT2D eigenvalue weighted by Gasteiger charge is -2.13. The predicted octanol–water partition coefficient (Wildman–Crippen LogP) is 4.24. The summed E-state index contributed by atoms with van der Waals surface area (Å²) in [5.41, 5.74) is 6.49. The highest BCUT2D eigenvalue weighted by Gasteiger charge is 2.14. The van der Waals surface area contributed by atoms with E-state index >= 15 is 0 Å². The Hall–Kier alpha value is -3.25. The average Bonchev–Trinajstić information content (AvgIpc) is 2.72. The zero-order chi connectivity index (χ0) is 24.1. The number of nitrogens with one attached hydrogen (secondary N) is 2. The molecule has 2 heterocycles. The van der Waals surface area contributed by atoms with Crippen molar-refractivity contribution in [3.05, 3.63) is 86.5 Å². The maximum atomic E-state index is 13.0. The van der Waals surface area contributed by atoms with E-state index in [0.717, 1.165) is 41.2 Å². The summed E-state index contributed by atoms with van der Waals surface area (Å²) >= 11 is 0. The van der Waals surface area contributed by atoms with Gasteiger partial charge in [-0.15, -0.1) is 0 Å². The molecule has 6 heteroatoms. The minimum Gasteiger partial charge on any atom is -0.348 e. The van der Waals surface area contributed by atoms with Gasteiger partial charge in [0.25, 0.3) is 11.5 Å². The average molecular weight is 447 g/mol. The zero-order valence-corrected chi connectivity index (χ0v) is 20.5. The second-order valence-corrected chi connectivity index (χ2v) is 9.39. The first-order chi connectivity index (χ1) is 15.6. The number of rotatable bonds is 8. The Morgan fingerprint density at radius 1 is 1.09 bits per heavy atom. The van der Waals surface area contributed by atoms with Crippen molar-refractivity contribution in [1.82, 2.24) is 20.2 Å². The van der Waals surface area contributed by atoms with Gasteiger partial charge < -0.3 is 15.2 Å². The van der Waals surface area contributed by atoms with Crippen LogP contribution < -0.4 is 10.9 Å². The number of hydrogen-bond donors (Lipinski definition) is 2. The number of amides is 1. The molecule has 0 radical (unpaired) electrons. The normalized spacial score (nSPS) is 11.3. The monoisotopic (exact) mass is 446 g/mol. The van der Waals surface area contributed by atoms with E-state index in [1.807, 2.05) is 46.1 Å². The summed E-state index contributed by atoms with van der Waals surface area (Å²) in [5.74, 6) is 0.201. The fraction of sp³-hybridized carbons (Fsp3) is 0.370. The first-order valence-electron chi connectivity index (χ1n) is 11.3. The molecule has 0 atom stereocenters. The molecule has 0 saturated heterocycles. The lowest BCUT2D eigenvalue weighted by atomic mass is 10.0. The standard InChI is InChI=1S/C27H34N4O2/c1-17(2)11-23-13-22(26(32)28-15-24-18(3)12-19(4)29-27(24)33)14-25(30-23)21-9-7-20(8-10-21)16-31(5)6/h7-10,12-14,17H,11,15-16H2,1-6H3,(H,28,32)(H,29,33). The molecular weight excluding hydrogens is 412 g/mol. The van der Waals surface area contributed by atoms with Crippen molar-refractivity contribution >= 4 is 5.91 Å². The topological polar surface area (TPSA) is 78.1 Å². The number of carbonyl (C=O) groups is 1. The molecule has 0 aliphatic rings. The summed E-state index contributed by atoms with van der Waals surface area (Å²) in [5, 5.41) is 2.91. The van der Waals surface area contributed by atoms with Gasteiger partial charge in [0.05, 0.1) is 5.69 Å². The third-order valence-electron chi connectivity index (χ3n) is 5.43. The highest BCUT2D eigenvalue weighted by molar-refractivity contribution is 5.95. The second kappa shape index (κ2) is 10.6. The van der Waals surface area contributed by atoms with Crippen molar-refractivity contribution in [2.24, 2.45) is 5.92 Å². The van der Waals surface area contributed by atoms with Gasteiger partial charge in [-0.1, -0.05) is 38.1 Å². The number of pyridine rings is 2. The van der Waals surface area contributed by atoms with Gasteiger partial charge in [0, 0.05) is 41.2 Å². The van der Waals surface area contributed by atoms with Gasteiger partial charge in [-0.25, -0.2) is 0 Å². The molecule has 0 aliphatic carbocycles. The van der Waals surface area contributed by atoms with Crippen LogP contribution in [-0.2, 0) is 19.5 Å². The Kier molecular flexibility index (Phi) is 7.82. The van der Waals surface area contributed by atoms with E-state index < -0.39 is 0 Å². The summed E-state index contributed by atoms with van der Waals surface area (Å²) in [6.07, 6.45) is 0.781. The summed E-state index contributed by atoms with van der Waals surface area (Å²) in [6, 6.07) is 13.9. The fourth-order valence-corrected chi connectivity index (χ4v) is 3.91. The van der Waals surface area contributed by atoms with Gasteiger partial charge in [-0.3, -0.25) is 14.6 Å². The van der Waals surface area contributed by atoms with Crippen LogP contribution in [0, 0.1) is 19.8 Å². The van der Waals surface area contributed by atoms with Gasteiger partial charge in [-0.2, -0.15) is 0 Å². The quantitative estimate of drug-likeness (QED) is 0.542. The maximum absolute atomic E-state index is 13.0. The van der Waals surface area contributed by atoms with Crippen LogP contribution in [0.5, 0.6) is 0 Å². The number of aromatic amines is 1. The van der Waals surface area contributed by atoms with Crippen molar-refractivity contribution in [2.75, 3.05) is 14.1 Å². The van der Waals surface area contributed by atoms with Gasteiger partial charge in [0.1, 0.15) is 0 Å². The Morgan fingerprint density at radius 2 is 1.79 bits per heavy atom. The number of carbonyl (C=O) groups excluding carboxylic acids is 1. The lowest BCUT2D eigenvalue weighted by molar-refractivity contribution is 0.0950. The number of aromatic nitrogens is 2. The molecule has 174 valence electrons. The van der Waals surface area contributed by atoms with Crippen LogP contribution in [0.1, 0.15) is 52.3 Å². The summed E-state index contributed by atoms with van der Waals surface area (Å²) in [4.78, 5) is 35.1. The molecule has 3 aromatic rings. The van der Waals surface area contributed by atoms with Crippen LogP contribution in [-0.4, -0.2) is 34.9 Å². The molecule has 33 heavy (non-hydrogen) atoms. The minimum absolute atomic E-state index is 0.165. The number of benzene rings is 1. The highest BCUT2D eigenvalue weighted by Crippen LogP contribution is 2.22. The molecule has 1 aromatic carbocycles. The van der Waals surface area contributed by atoms with Crippen LogP contribution >= 0.6 is 0 Å². The SMILES string of the molecule is Cc1cc(C)c(CNC(=O)c2cc(CC(C)C)nc(-c3ccc(CN(C)C)cc3)c2)c(=O)[nH]1. The van der Waals surface area contributed by atoms with Crippen LogP contribution in [0.2, 0.25) is 0 Å². The van der Waals surface area contributed by atoms with E-state index in [0.29, 0.717) is 17.0 Å². The number of nitrogens with zero attached hydrogens (tertiary/aromatic N) is 2. The smallest absolute Gasteiger partial charge is 0.253 e. The first kappa shape index (κ1) is 24.4. The van der Waals surface area contributed by atoms with E-state index in [1.165, 1.54) is 5.56 Å². The maximum Gasteiger partial charge on any atom is 0.253 e. The molecule has 0 unspecified atom stereocenters. The summed E-state index contributed by atoms with van der Waals surface area (Å²) < 4.78 is 0. The molecule has 1 amide bonds. The van der Waals surface area contributed by atoms with Crippen LogP contribution in [0.25, 0.3) is 11.3 Å². The molecular formula is C27H34N4O2. The molecule has 0 fully saturated rings. The zero-order valence-electron chi connectivity index (χ0n) is 20.5. The minimum atomic E-state index is -0.216. The number of hydrogen-bond acceptors (Lipinski definition) is 4. The number of aryl methyl sites for hydroxylation is 2. The molecule has 0 aliphatic heterocycles. The van der Waals surface area contributed by atoms with E-state index in [4.69, 9.17) is 4.98 Å². The third kappa shape index (κ3) is 6.62. The Morgan fingerprint density at radius 3 is 2.39 bits per heavy atom. The predicted molar refractivity (Wildman–Crippen MR) is 133 cm³/mol. The first-order valence-corrected chi connectivity index (χ1v) is 11.3. The molecule has 2 N–H and O–H groups in total. The van der Waals surface area contributed by atoms with Crippen LogP contribution in [0.3, 0.4) is 0 Å². The lowest BCUT2D eigenvalue weighted by Crippen LogP contribution is -2.28. The Bertz CT molecular complexity index is 1180. The van der Waals surface area contributed by atoms with Crippen molar-refractivity contribution in [1.29, 1.82) is 0 Å². The highest BCUT2D eigenvalue weighted by atomic mass is 16.1. The second-order valence-electron chi connectivity index (χ2n) is 9.39. The van der Waals surface area contributed by atoms with Crippen molar-refractivity contribution in [3.8, 4) is 11.3 Å². The van der Waals surface area contributed by atoms with Gasteiger partial charge in [-0.05, 0) is 69.6 Å². The molecule has 2 aromatic heterocycles. The van der Waals surface area contributed by atoms with Gasteiger partial charge in [0.2, 0.25) is 0 Å². The molecule has 0 bridgehead atoms. The van der Waals surface area contributed by atoms with E-state index in [9.17, 15) is 9.59 Å². The largest absolute Gasteiger partial charge is 0.348 e. The van der Waals surface area contributed by atoms with Gasteiger partial charge in [0.15, 0.2) is 0 Å². The van der Waals surface area contributed by atoms with Crippen molar-refractivity contribution < 1.29 is 4.79 Å². The Labute approximate surface area is 196 Å². The molecule has 6 nitrogen and oxygen atoms in total. The summed E-state index contributed by atoms with van der Waals surface area (Å²) in [6.45, 7) is 9.05. The van der Waals surface area contributed by atoms with Crippen LogP contribution in [0.15, 0.2) is 47.3 Å². The summed E-state index contributed by atoms with van der Waals surface area (Å²) in [7, 11) is 4.09. The molecule has 0 saturated carbocycles. The number of H-pyrrole nitrogens is 1. The van der Waals surface area contributed by atoms with E-state index in [2.05, 4.69) is 53.3 Å². The van der Waals surface area contributed by atoms with E-state index in [-0.39, 0.29) is 18.0 Å². The Balaban J connectivity index is 1.88. The molecule has 3 rings (SSSR count). The van der Waals surface area contributed by atoms with Crippen molar-refractivity contribution in [2.45, 2.75) is 47.2 Å².